The fraction of sp³-hybridized carbons (Fsp3) is 0.356. The van der Waals surface area contributed by atoms with Gasteiger partial charge in [0.05, 0.1) is 42.0 Å². The van der Waals surface area contributed by atoms with Gasteiger partial charge >= 0.3 is 0 Å². The summed E-state index contributed by atoms with van der Waals surface area (Å²) in [4.78, 5) is 65.9. The maximum Gasteiger partial charge on any atom is 0.262 e. The van der Waals surface area contributed by atoms with Crippen LogP contribution in [0.25, 0.3) is 11.1 Å². The highest BCUT2D eigenvalue weighted by molar-refractivity contribution is 7.70. The van der Waals surface area contributed by atoms with Crippen LogP contribution in [-0.2, 0) is 21.2 Å². The van der Waals surface area contributed by atoms with Crippen LogP contribution >= 0.6 is 18.7 Å². The van der Waals surface area contributed by atoms with E-state index in [4.69, 9.17) is 21.3 Å². The second-order valence-electron chi connectivity index (χ2n) is 17.1. The predicted molar refractivity (Wildman–Crippen MR) is 243 cm³/mol. The zero-order chi connectivity index (χ0) is 44.2. The van der Waals surface area contributed by atoms with Gasteiger partial charge in [-0.3, -0.25) is 34.1 Å². The Labute approximate surface area is 369 Å². The van der Waals surface area contributed by atoms with Gasteiger partial charge in [0.1, 0.15) is 24.0 Å². The first-order valence-electron chi connectivity index (χ1n) is 21.0. The van der Waals surface area contributed by atoms with Gasteiger partial charge < -0.3 is 29.7 Å². The molecule has 4 amide bonds. The molecular weight excluding hydrogens is 843 g/mol. The van der Waals surface area contributed by atoms with E-state index in [-0.39, 0.29) is 23.8 Å². The normalized spacial score (nSPS) is 18.7. The number of carbonyl (C=O) groups is 4. The molecule has 18 heteroatoms. The number of nitrogens with zero attached hydrogens (tertiary/aromatic N) is 7. The Morgan fingerprint density at radius 1 is 0.857 bits per heavy atom. The number of benzene rings is 3. The average molecular weight is 891 g/mol. The second-order valence-corrected chi connectivity index (χ2v) is 20.7. The third-order valence-electron chi connectivity index (χ3n) is 12.8. The first kappa shape index (κ1) is 42.1. The van der Waals surface area contributed by atoms with E-state index in [1.54, 1.807) is 37.3 Å². The molecule has 3 N–H and O–H groups in total. The number of carbonyl (C=O) groups excluding carboxylic acids is 4. The molecule has 3 saturated heterocycles. The van der Waals surface area contributed by atoms with E-state index in [2.05, 4.69) is 41.9 Å². The summed E-state index contributed by atoms with van der Waals surface area (Å²) in [5.41, 5.74) is 5.87. The Morgan fingerprint density at radius 2 is 1.57 bits per heavy atom. The lowest BCUT2D eigenvalue weighted by molar-refractivity contribution is -0.136. The standard InChI is InChI=1S/C45H48ClN10O6P/c1-53-26-27(24-48-53)30-22-34(50-44-47-25-32(46)40(52-44)49-33-7-5-6-8-38(33)63(3,4)61)37(62-2)23-36(30)55-19-15-45(16-20-55)13-17-54(18-14-45)28-9-10-29-31(21-28)43(60)56(42(29)59)35-11-12-39(57)51-41(35)58/h5-10,21-26,35H,11-20H2,1-4H3,(H,51,57,58)(H2,47,49,50,52). The number of imide groups is 2. The predicted octanol–water partition coefficient (Wildman–Crippen LogP) is 6.56. The molecule has 5 aromatic rings. The van der Waals surface area contributed by atoms with E-state index in [1.807, 2.05) is 55.8 Å². The van der Waals surface area contributed by atoms with Crippen LogP contribution in [0, 0.1) is 5.41 Å². The van der Waals surface area contributed by atoms with Crippen LogP contribution in [0.1, 0.15) is 59.2 Å². The van der Waals surface area contributed by atoms with Crippen LogP contribution in [0.15, 0.2) is 73.2 Å². The highest BCUT2D eigenvalue weighted by Crippen LogP contribution is 2.47. The SMILES string of the molecule is COc1cc(N2CCC3(CCN(c4ccc5c(c4)C(=O)N(C4CCC(=O)NC4=O)C5=O)CC3)CC2)c(-c2cnn(C)c2)cc1Nc1ncc(Cl)c(Nc2ccccc2P(C)(C)=O)n1. The molecule has 3 aromatic carbocycles. The number of fused-ring (bicyclic) bond motifs is 1. The number of amides is 4. The minimum atomic E-state index is -2.60. The van der Waals surface area contributed by atoms with Crippen molar-refractivity contribution >= 4 is 82.2 Å². The molecule has 1 atom stereocenters. The third-order valence-corrected chi connectivity index (χ3v) is 14.7. The second kappa shape index (κ2) is 16.5. The number of piperidine rings is 3. The van der Waals surface area contributed by atoms with Gasteiger partial charge in [-0.2, -0.15) is 10.1 Å². The molecule has 0 bridgehead atoms. The van der Waals surface area contributed by atoms with Gasteiger partial charge in [-0.05, 0) is 87.2 Å². The summed E-state index contributed by atoms with van der Waals surface area (Å²) in [6, 6.07) is 15.9. The Hall–Kier alpha value is -6.25. The Kier molecular flexibility index (Phi) is 11.0. The minimum absolute atomic E-state index is 0.0785. The van der Waals surface area contributed by atoms with Crippen LogP contribution in [0.5, 0.6) is 5.75 Å². The topological polar surface area (TPSA) is 184 Å². The smallest absolute Gasteiger partial charge is 0.262 e. The van der Waals surface area contributed by atoms with Crippen molar-refractivity contribution in [2.45, 2.75) is 44.6 Å². The minimum Gasteiger partial charge on any atom is -0.494 e. The van der Waals surface area contributed by atoms with E-state index >= 15 is 0 Å². The molecule has 0 saturated carbocycles. The van der Waals surface area contributed by atoms with Crippen molar-refractivity contribution in [2.75, 3.05) is 67.1 Å². The number of halogens is 1. The lowest BCUT2D eigenvalue weighted by Crippen LogP contribution is -2.54. The van der Waals surface area contributed by atoms with Crippen molar-refractivity contribution in [3.8, 4) is 16.9 Å². The molecular formula is C45H48ClN10O6P. The zero-order valence-corrected chi connectivity index (χ0v) is 37.1. The molecule has 1 spiro atoms. The molecule has 2 aromatic heterocycles. The summed E-state index contributed by atoms with van der Waals surface area (Å²) in [7, 11) is 0.927. The zero-order valence-electron chi connectivity index (χ0n) is 35.5. The van der Waals surface area contributed by atoms with E-state index in [0.717, 1.165) is 79.3 Å². The molecule has 6 heterocycles. The molecule has 326 valence electrons. The number of aryl methyl sites for hydroxylation is 1. The highest BCUT2D eigenvalue weighted by Gasteiger charge is 2.45. The monoisotopic (exact) mass is 890 g/mol. The Balaban J connectivity index is 0.900. The van der Waals surface area contributed by atoms with Gasteiger partial charge in [-0.25, -0.2) is 4.98 Å². The number of hydrogen-bond acceptors (Lipinski definition) is 13. The van der Waals surface area contributed by atoms with Crippen molar-refractivity contribution in [3.63, 3.8) is 0 Å². The summed E-state index contributed by atoms with van der Waals surface area (Å²) in [5.74, 6) is -0.752. The molecule has 4 aliphatic rings. The molecule has 9 rings (SSSR count). The van der Waals surface area contributed by atoms with E-state index in [1.165, 1.54) is 6.20 Å². The molecule has 3 fully saturated rings. The van der Waals surface area contributed by atoms with Crippen LogP contribution in [0.3, 0.4) is 0 Å². The number of aromatic nitrogens is 4. The maximum absolute atomic E-state index is 13.5. The van der Waals surface area contributed by atoms with Crippen molar-refractivity contribution < 1.29 is 28.5 Å². The summed E-state index contributed by atoms with van der Waals surface area (Å²) in [5, 5.41) is 14.4. The van der Waals surface area contributed by atoms with Gasteiger partial charge in [-0.15, -0.1) is 0 Å². The Morgan fingerprint density at radius 3 is 2.25 bits per heavy atom. The van der Waals surface area contributed by atoms with Gasteiger partial charge in [-0.1, -0.05) is 23.7 Å². The maximum atomic E-state index is 13.5. The first-order chi connectivity index (χ1) is 30.2. The van der Waals surface area contributed by atoms with Crippen LogP contribution in [-0.4, -0.2) is 101 Å². The van der Waals surface area contributed by atoms with Crippen molar-refractivity contribution in [1.29, 1.82) is 0 Å². The fourth-order valence-corrected chi connectivity index (χ4v) is 10.6. The van der Waals surface area contributed by atoms with Gasteiger partial charge in [0.15, 0.2) is 5.82 Å². The van der Waals surface area contributed by atoms with Gasteiger partial charge in [0.2, 0.25) is 17.8 Å². The van der Waals surface area contributed by atoms with Crippen LogP contribution in [0.4, 0.5) is 34.5 Å². The van der Waals surface area contributed by atoms with Crippen molar-refractivity contribution in [1.82, 2.24) is 30.0 Å². The molecule has 1 unspecified atom stereocenters. The molecule has 0 radical (unpaired) electrons. The number of nitrogens with one attached hydrogen (secondary N) is 3. The lowest BCUT2D eigenvalue weighted by atomic mass is 9.71. The summed E-state index contributed by atoms with van der Waals surface area (Å²) in [6.07, 6.45) is 9.51. The largest absolute Gasteiger partial charge is 0.494 e. The van der Waals surface area contributed by atoms with Crippen molar-refractivity contribution in [2.24, 2.45) is 12.5 Å². The molecule has 16 nitrogen and oxygen atoms in total. The number of anilines is 6. The molecule has 0 aliphatic carbocycles. The number of rotatable bonds is 10. The number of ether oxygens (including phenoxy) is 1. The van der Waals surface area contributed by atoms with Gasteiger partial charge in [0, 0.05) is 79.7 Å². The summed E-state index contributed by atoms with van der Waals surface area (Å²) in [6.45, 7) is 6.74. The quantitative estimate of drug-likeness (QED) is 0.101. The van der Waals surface area contributed by atoms with E-state index in [0.29, 0.717) is 44.8 Å². The summed E-state index contributed by atoms with van der Waals surface area (Å²) < 4.78 is 20.8. The third kappa shape index (κ3) is 8.13. The molecule has 63 heavy (non-hydrogen) atoms. The lowest BCUT2D eigenvalue weighted by Gasteiger charge is -2.48. The fourth-order valence-electron chi connectivity index (χ4n) is 9.32. The van der Waals surface area contributed by atoms with Gasteiger partial charge in [0.25, 0.3) is 11.8 Å². The van der Waals surface area contributed by atoms with E-state index < -0.39 is 36.8 Å². The van der Waals surface area contributed by atoms with Crippen LogP contribution in [0.2, 0.25) is 5.02 Å². The number of para-hydroxylation sites is 1. The van der Waals surface area contributed by atoms with Crippen molar-refractivity contribution in [3.05, 3.63) is 89.3 Å². The molecule has 4 aliphatic heterocycles. The number of hydrogen-bond donors (Lipinski definition) is 3. The average Bonchev–Trinajstić information content (AvgIpc) is 3.81. The van der Waals surface area contributed by atoms with Crippen LogP contribution < -0.4 is 35.8 Å². The Bertz CT molecular complexity index is 2720. The number of methoxy groups -OCH3 is 1. The van der Waals surface area contributed by atoms with E-state index in [9.17, 15) is 23.7 Å². The summed E-state index contributed by atoms with van der Waals surface area (Å²) >= 11 is 6.57. The highest BCUT2D eigenvalue weighted by atomic mass is 35.5. The first-order valence-corrected chi connectivity index (χ1v) is 24.0.